The van der Waals surface area contributed by atoms with Crippen molar-refractivity contribution in [2.45, 2.75) is 6.92 Å². The summed E-state index contributed by atoms with van der Waals surface area (Å²) < 4.78 is 2.38. The average molecular weight is 487 g/mol. The van der Waals surface area contributed by atoms with Gasteiger partial charge >= 0.3 is 0 Å². The minimum atomic E-state index is 0.990. The summed E-state index contributed by atoms with van der Waals surface area (Å²) in [4.78, 5) is 4.60. The van der Waals surface area contributed by atoms with E-state index in [0.717, 1.165) is 11.3 Å². The summed E-state index contributed by atoms with van der Waals surface area (Å²) in [5, 5.41) is 2.53. The lowest BCUT2D eigenvalue weighted by molar-refractivity contribution is 1.18. The highest BCUT2D eigenvalue weighted by molar-refractivity contribution is 6.10. The molecule has 0 N–H and O–H groups in total. The van der Waals surface area contributed by atoms with E-state index >= 15 is 0 Å². The van der Waals surface area contributed by atoms with Crippen molar-refractivity contribution in [2.75, 3.05) is 0 Å². The maximum Gasteiger partial charge on any atom is 0.0702 e. The Morgan fingerprint density at radius 1 is 0.500 bits per heavy atom. The third kappa shape index (κ3) is 3.79. The number of hydrogen-bond donors (Lipinski definition) is 0. The van der Waals surface area contributed by atoms with E-state index in [0.29, 0.717) is 0 Å². The van der Waals surface area contributed by atoms with E-state index in [1.165, 1.54) is 55.3 Å². The summed E-state index contributed by atoms with van der Waals surface area (Å²) in [7, 11) is 0. The van der Waals surface area contributed by atoms with Crippen LogP contribution in [0.15, 0.2) is 140 Å². The number of fused-ring (bicyclic) bond motifs is 3. The summed E-state index contributed by atoms with van der Waals surface area (Å²) in [6, 6.07) is 47.7. The van der Waals surface area contributed by atoms with Crippen molar-refractivity contribution in [3.05, 3.63) is 145 Å². The lowest BCUT2D eigenvalue weighted by Gasteiger charge is -2.14. The van der Waals surface area contributed by atoms with Gasteiger partial charge in [-0.05, 0) is 83.3 Å². The number of aromatic nitrogens is 2. The molecule has 0 aliphatic carbocycles. The number of nitrogens with zero attached hydrogens (tertiary/aromatic N) is 2. The van der Waals surface area contributed by atoms with E-state index in [2.05, 4.69) is 138 Å². The van der Waals surface area contributed by atoms with Gasteiger partial charge in [-0.3, -0.25) is 4.98 Å². The van der Waals surface area contributed by atoms with Gasteiger partial charge in [0.1, 0.15) is 0 Å². The standard InChI is InChI=1S/C36H26N2/c1-25-21-27(23-28(22-25)34-16-9-10-20-37-34)31-14-6-5-13-30(31)26-18-19-33-32-15-7-8-17-35(32)38(36(33)24-26)29-11-3-2-4-12-29/h2-24H,1H3. The monoisotopic (exact) mass is 486 g/mol. The number of rotatable bonds is 4. The molecule has 0 saturated carbocycles. The Balaban J connectivity index is 1.44. The molecule has 5 aromatic carbocycles. The van der Waals surface area contributed by atoms with E-state index in [1.54, 1.807) is 0 Å². The molecule has 0 atom stereocenters. The molecule has 0 unspecified atom stereocenters. The van der Waals surface area contributed by atoms with Crippen LogP contribution in [0.2, 0.25) is 0 Å². The van der Waals surface area contributed by atoms with Crippen molar-refractivity contribution >= 4 is 21.8 Å². The van der Waals surface area contributed by atoms with Gasteiger partial charge in [0, 0.05) is 28.2 Å². The molecule has 7 aromatic rings. The fourth-order valence-electron chi connectivity index (χ4n) is 5.60. The molecule has 0 aliphatic heterocycles. The summed E-state index contributed by atoms with van der Waals surface area (Å²) >= 11 is 0. The van der Waals surface area contributed by atoms with Crippen LogP contribution in [0.4, 0.5) is 0 Å². The Labute approximate surface area is 222 Å². The molecular formula is C36H26N2. The number of para-hydroxylation sites is 2. The van der Waals surface area contributed by atoms with Gasteiger partial charge in [-0.1, -0.05) is 84.9 Å². The van der Waals surface area contributed by atoms with Gasteiger partial charge in [-0.2, -0.15) is 0 Å². The SMILES string of the molecule is Cc1cc(-c2ccccn2)cc(-c2ccccc2-c2ccc3c4ccccc4n(-c4ccccc4)c3c2)c1. The van der Waals surface area contributed by atoms with E-state index in [-0.39, 0.29) is 0 Å². The number of aryl methyl sites for hydroxylation is 1. The first-order valence-corrected chi connectivity index (χ1v) is 13.0. The molecule has 2 nitrogen and oxygen atoms in total. The largest absolute Gasteiger partial charge is 0.309 e. The Morgan fingerprint density at radius 2 is 1.18 bits per heavy atom. The summed E-state index contributed by atoms with van der Waals surface area (Å²) in [6.07, 6.45) is 1.85. The van der Waals surface area contributed by atoms with Crippen molar-refractivity contribution in [3.8, 4) is 39.2 Å². The number of pyridine rings is 1. The van der Waals surface area contributed by atoms with Crippen LogP contribution in [0, 0.1) is 6.92 Å². The Kier molecular flexibility index (Phi) is 5.37. The van der Waals surface area contributed by atoms with Crippen LogP contribution in [0.3, 0.4) is 0 Å². The Hall–Kier alpha value is -4.95. The highest BCUT2D eigenvalue weighted by Gasteiger charge is 2.15. The maximum absolute atomic E-state index is 4.60. The molecule has 0 saturated heterocycles. The first kappa shape index (κ1) is 22.3. The second-order valence-electron chi connectivity index (χ2n) is 9.77. The lowest BCUT2D eigenvalue weighted by atomic mass is 9.91. The van der Waals surface area contributed by atoms with Gasteiger partial charge in [0.2, 0.25) is 0 Å². The molecule has 2 heteroatoms. The highest BCUT2D eigenvalue weighted by Crippen LogP contribution is 2.38. The molecule has 0 radical (unpaired) electrons. The zero-order valence-electron chi connectivity index (χ0n) is 21.2. The maximum atomic E-state index is 4.60. The number of hydrogen-bond acceptors (Lipinski definition) is 1. The van der Waals surface area contributed by atoms with Gasteiger partial charge in [0.25, 0.3) is 0 Å². The molecule has 2 heterocycles. The molecule has 38 heavy (non-hydrogen) atoms. The first-order valence-electron chi connectivity index (χ1n) is 13.0. The van der Waals surface area contributed by atoms with Crippen LogP contribution in [0.1, 0.15) is 5.56 Å². The fourth-order valence-corrected chi connectivity index (χ4v) is 5.60. The van der Waals surface area contributed by atoms with Crippen molar-refractivity contribution in [1.29, 1.82) is 0 Å². The van der Waals surface area contributed by atoms with E-state index in [1.807, 2.05) is 18.3 Å². The molecule has 0 amide bonds. The normalized spacial score (nSPS) is 11.3. The zero-order chi connectivity index (χ0) is 25.5. The average Bonchev–Trinajstić information content (AvgIpc) is 3.31. The molecule has 0 aliphatic rings. The Bertz CT molecular complexity index is 1910. The van der Waals surface area contributed by atoms with E-state index in [9.17, 15) is 0 Å². The molecule has 0 bridgehead atoms. The van der Waals surface area contributed by atoms with Crippen LogP contribution in [0.25, 0.3) is 61.0 Å². The first-order chi connectivity index (χ1) is 18.8. The molecule has 180 valence electrons. The van der Waals surface area contributed by atoms with Gasteiger partial charge in [0.05, 0.1) is 16.7 Å². The van der Waals surface area contributed by atoms with Crippen molar-refractivity contribution in [1.82, 2.24) is 9.55 Å². The van der Waals surface area contributed by atoms with Crippen LogP contribution in [-0.4, -0.2) is 9.55 Å². The minimum Gasteiger partial charge on any atom is -0.309 e. The lowest BCUT2D eigenvalue weighted by Crippen LogP contribution is -1.93. The number of benzene rings is 5. The topological polar surface area (TPSA) is 17.8 Å². The third-order valence-electron chi connectivity index (χ3n) is 7.28. The zero-order valence-corrected chi connectivity index (χ0v) is 21.2. The summed E-state index contributed by atoms with van der Waals surface area (Å²) in [6.45, 7) is 2.16. The van der Waals surface area contributed by atoms with Gasteiger partial charge in [-0.15, -0.1) is 0 Å². The molecule has 0 fully saturated rings. The van der Waals surface area contributed by atoms with Crippen LogP contribution >= 0.6 is 0 Å². The summed E-state index contributed by atoms with van der Waals surface area (Å²) in [5.74, 6) is 0. The van der Waals surface area contributed by atoms with Crippen LogP contribution in [0.5, 0.6) is 0 Å². The van der Waals surface area contributed by atoms with Gasteiger partial charge < -0.3 is 4.57 Å². The quantitative estimate of drug-likeness (QED) is 0.242. The minimum absolute atomic E-state index is 0.990. The molecule has 0 spiro atoms. The predicted molar refractivity (Wildman–Crippen MR) is 160 cm³/mol. The van der Waals surface area contributed by atoms with Crippen molar-refractivity contribution < 1.29 is 0 Å². The van der Waals surface area contributed by atoms with Crippen molar-refractivity contribution in [3.63, 3.8) is 0 Å². The smallest absolute Gasteiger partial charge is 0.0702 e. The second kappa shape index (κ2) is 9.17. The third-order valence-corrected chi connectivity index (χ3v) is 7.28. The highest BCUT2D eigenvalue weighted by atomic mass is 15.0. The Morgan fingerprint density at radius 3 is 2.00 bits per heavy atom. The fraction of sp³-hybridized carbons (Fsp3) is 0.0278. The van der Waals surface area contributed by atoms with Crippen LogP contribution < -0.4 is 0 Å². The second-order valence-corrected chi connectivity index (χ2v) is 9.77. The van der Waals surface area contributed by atoms with Gasteiger partial charge in [0.15, 0.2) is 0 Å². The van der Waals surface area contributed by atoms with Gasteiger partial charge in [-0.25, -0.2) is 0 Å². The van der Waals surface area contributed by atoms with Crippen molar-refractivity contribution in [2.24, 2.45) is 0 Å². The molecule has 7 rings (SSSR count). The summed E-state index contributed by atoms with van der Waals surface area (Å²) in [5.41, 5.74) is 11.8. The predicted octanol–water partition coefficient (Wildman–Crippen LogP) is 9.49. The van der Waals surface area contributed by atoms with Crippen LogP contribution in [-0.2, 0) is 0 Å². The van der Waals surface area contributed by atoms with E-state index in [4.69, 9.17) is 0 Å². The molecule has 2 aromatic heterocycles. The van der Waals surface area contributed by atoms with E-state index < -0.39 is 0 Å². The molecular weight excluding hydrogens is 460 g/mol.